The minimum atomic E-state index is 0.105. The quantitative estimate of drug-likeness (QED) is 0.850. The van der Waals surface area contributed by atoms with Crippen LogP contribution in [0.15, 0.2) is 28.7 Å². The summed E-state index contributed by atoms with van der Waals surface area (Å²) in [5, 5.41) is 4.12. The molecule has 0 saturated heterocycles. The van der Waals surface area contributed by atoms with E-state index >= 15 is 0 Å². The summed E-state index contributed by atoms with van der Waals surface area (Å²) in [6.07, 6.45) is 0. The molecule has 0 fully saturated rings. The number of hydrogen-bond donors (Lipinski definition) is 1. The van der Waals surface area contributed by atoms with Gasteiger partial charge in [-0.1, -0.05) is 12.1 Å². The second kappa shape index (κ2) is 7.13. The summed E-state index contributed by atoms with van der Waals surface area (Å²) in [5.74, 6) is 1.62. The maximum absolute atomic E-state index is 11.9. The van der Waals surface area contributed by atoms with Gasteiger partial charge < -0.3 is 19.4 Å². The molecule has 1 amide bonds. The molecular formula is C16H22N2O3. The summed E-state index contributed by atoms with van der Waals surface area (Å²) < 4.78 is 11.0. The van der Waals surface area contributed by atoms with Crippen LogP contribution >= 0.6 is 0 Å². The minimum absolute atomic E-state index is 0.105. The number of fused-ring (bicyclic) bond motifs is 1. The highest BCUT2D eigenvalue weighted by Gasteiger charge is 2.11. The van der Waals surface area contributed by atoms with Crippen LogP contribution in [-0.4, -0.2) is 37.6 Å². The highest BCUT2D eigenvalue weighted by molar-refractivity contribution is 5.83. The first-order valence-electron chi connectivity index (χ1n) is 7.23. The molecule has 0 spiro atoms. The fourth-order valence-electron chi connectivity index (χ4n) is 2.32. The van der Waals surface area contributed by atoms with E-state index in [0.717, 1.165) is 35.6 Å². The molecule has 0 atom stereocenters. The van der Waals surface area contributed by atoms with Crippen LogP contribution in [0, 0.1) is 0 Å². The SMILES string of the molecule is CCN(CC)C(=O)CNCc1cc2cccc(OC)c2o1. The number of methoxy groups -OCH3 is 1. The molecule has 1 N–H and O–H groups in total. The van der Waals surface area contributed by atoms with Crippen molar-refractivity contribution in [2.45, 2.75) is 20.4 Å². The van der Waals surface area contributed by atoms with Gasteiger partial charge >= 0.3 is 0 Å². The molecule has 0 unspecified atom stereocenters. The van der Waals surface area contributed by atoms with Crippen molar-refractivity contribution in [2.75, 3.05) is 26.7 Å². The normalized spacial score (nSPS) is 10.8. The zero-order chi connectivity index (χ0) is 15.2. The number of carbonyl (C=O) groups excluding carboxylic acids is 1. The van der Waals surface area contributed by atoms with Crippen LogP contribution in [-0.2, 0) is 11.3 Å². The Bertz CT molecular complexity index is 603. The number of rotatable bonds is 7. The zero-order valence-electron chi connectivity index (χ0n) is 12.8. The van der Waals surface area contributed by atoms with Gasteiger partial charge in [0.05, 0.1) is 20.2 Å². The van der Waals surface area contributed by atoms with Crippen LogP contribution in [0.25, 0.3) is 11.0 Å². The first kappa shape index (κ1) is 15.4. The Hall–Kier alpha value is -2.01. The predicted molar refractivity (Wildman–Crippen MR) is 82.4 cm³/mol. The summed E-state index contributed by atoms with van der Waals surface area (Å²) in [6.45, 7) is 6.26. The summed E-state index contributed by atoms with van der Waals surface area (Å²) in [4.78, 5) is 13.7. The van der Waals surface area contributed by atoms with Gasteiger partial charge in [-0.3, -0.25) is 4.79 Å². The molecule has 0 bridgehead atoms. The van der Waals surface area contributed by atoms with E-state index in [1.54, 1.807) is 12.0 Å². The lowest BCUT2D eigenvalue weighted by molar-refractivity contribution is -0.129. The lowest BCUT2D eigenvalue weighted by Crippen LogP contribution is -2.37. The van der Waals surface area contributed by atoms with Crippen molar-refractivity contribution >= 4 is 16.9 Å². The van der Waals surface area contributed by atoms with E-state index in [4.69, 9.17) is 9.15 Å². The van der Waals surface area contributed by atoms with Gasteiger partial charge in [-0.25, -0.2) is 0 Å². The van der Waals surface area contributed by atoms with Gasteiger partial charge in [0.25, 0.3) is 0 Å². The number of likely N-dealkylation sites (N-methyl/N-ethyl adjacent to an activating group) is 1. The van der Waals surface area contributed by atoms with Crippen molar-refractivity contribution < 1.29 is 13.9 Å². The van der Waals surface area contributed by atoms with Crippen LogP contribution in [0.2, 0.25) is 0 Å². The monoisotopic (exact) mass is 290 g/mol. The molecule has 0 aliphatic carbocycles. The van der Waals surface area contributed by atoms with Crippen molar-refractivity contribution in [3.05, 3.63) is 30.0 Å². The standard InChI is InChI=1S/C16H22N2O3/c1-4-18(5-2)15(19)11-17-10-13-9-12-7-6-8-14(20-3)16(12)21-13/h6-9,17H,4-5,10-11H2,1-3H3. The van der Waals surface area contributed by atoms with Crippen molar-refractivity contribution in [1.29, 1.82) is 0 Å². The van der Waals surface area contributed by atoms with Gasteiger partial charge in [0.15, 0.2) is 11.3 Å². The van der Waals surface area contributed by atoms with E-state index < -0.39 is 0 Å². The summed E-state index contributed by atoms with van der Waals surface area (Å²) in [6, 6.07) is 7.74. The molecule has 0 aliphatic rings. The number of nitrogens with one attached hydrogen (secondary N) is 1. The maximum atomic E-state index is 11.9. The maximum Gasteiger partial charge on any atom is 0.236 e. The molecule has 0 aliphatic heterocycles. The molecule has 1 heterocycles. The van der Waals surface area contributed by atoms with Crippen molar-refractivity contribution in [2.24, 2.45) is 0 Å². The molecule has 114 valence electrons. The van der Waals surface area contributed by atoms with Crippen molar-refractivity contribution in [1.82, 2.24) is 10.2 Å². The highest BCUT2D eigenvalue weighted by atomic mass is 16.5. The Morgan fingerprint density at radius 2 is 2.10 bits per heavy atom. The third-order valence-electron chi connectivity index (χ3n) is 3.47. The molecule has 1 aromatic heterocycles. The Labute approximate surface area is 124 Å². The van der Waals surface area contributed by atoms with E-state index in [-0.39, 0.29) is 5.91 Å². The van der Waals surface area contributed by atoms with Gasteiger partial charge in [0, 0.05) is 18.5 Å². The average molecular weight is 290 g/mol. The molecule has 0 radical (unpaired) electrons. The fourth-order valence-corrected chi connectivity index (χ4v) is 2.32. The number of carbonyl (C=O) groups is 1. The van der Waals surface area contributed by atoms with Gasteiger partial charge in [-0.05, 0) is 26.0 Å². The van der Waals surface area contributed by atoms with Crippen LogP contribution in [0.1, 0.15) is 19.6 Å². The van der Waals surface area contributed by atoms with E-state index in [1.165, 1.54) is 0 Å². The van der Waals surface area contributed by atoms with Crippen molar-refractivity contribution in [3.8, 4) is 5.75 Å². The van der Waals surface area contributed by atoms with Gasteiger partial charge in [0.1, 0.15) is 5.76 Å². The zero-order valence-corrected chi connectivity index (χ0v) is 12.8. The Morgan fingerprint density at radius 3 is 2.76 bits per heavy atom. The number of amides is 1. The molecule has 2 rings (SSSR count). The molecule has 1 aromatic carbocycles. The molecule has 5 nitrogen and oxygen atoms in total. The minimum Gasteiger partial charge on any atom is -0.493 e. The summed E-state index contributed by atoms with van der Waals surface area (Å²) >= 11 is 0. The first-order valence-corrected chi connectivity index (χ1v) is 7.23. The molecule has 0 saturated carbocycles. The average Bonchev–Trinajstić information content (AvgIpc) is 2.91. The molecule has 2 aromatic rings. The summed E-state index contributed by atoms with van der Waals surface area (Å²) in [5.41, 5.74) is 0.742. The van der Waals surface area contributed by atoms with E-state index in [0.29, 0.717) is 13.1 Å². The second-order valence-corrected chi connectivity index (χ2v) is 4.76. The third kappa shape index (κ3) is 3.55. The lowest BCUT2D eigenvalue weighted by Gasteiger charge is -2.18. The topological polar surface area (TPSA) is 54.7 Å². The van der Waals surface area contributed by atoms with E-state index in [9.17, 15) is 4.79 Å². The summed E-state index contributed by atoms with van der Waals surface area (Å²) in [7, 11) is 1.62. The van der Waals surface area contributed by atoms with Gasteiger partial charge in [-0.2, -0.15) is 0 Å². The Kier molecular flexibility index (Phi) is 5.22. The van der Waals surface area contributed by atoms with Gasteiger partial charge in [0.2, 0.25) is 5.91 Å². The van der Waals surface area contributed by atoms with Crippen LogP contribution in [0.5, 0.6) is 5.75 Å². The molecule has 5 heteroatoms. The number of nitrogens with zero attached hydrogens (tertiary/aromatic N) is 1. The molecule has 21 heavy (non-hydrogen) atoms. The molecular weight excluding hydrogens is 268 g/mol. The van der Waals surface area contributed by atoms with Crippen LogP contribution in [0.4, 0.5) is 0 Å². The van der Waals surface area contributed by atoms with Crippen LogP contribution < -0.4 is 10.1 Å². The lowest BCUT2D eigenvalue weighted by atomic mass is 10.2. The highest BCUT2D eigenvalue weighted by Crippen LogP contribution is 2.28. The van der Waals surface area contributed by atoms with E-state index in [1.807, 2.05) is 38.1 Å². The Balaban J connectivity index is 1.96. The number of hydrogen-bond acceptors (Lipinski definition) is 4. The first-order chi connectivity index (χ1) is 10.2. The largest absolute Gasteiger partial charge is 0.493 e. The third-order valence-corrected chi connectivity index (χ3v) is 3.47. The second-order valence-electron chi connectivity index (χ2n) is 4.76. The van der Waals surface area contributed by atoms with Gasteiger partial charge in [-0.15, -0.1) is 0 Å². The predicted octanol–water partition coefficient (Wildman–Crippen LogP) is 2.40. The number of benzene rings is 1. The van der Waals surface area contributed by atoms with Crippen LogP contribution in [0.3, 0.4) is 0 Å². The smallest absolute Gasteiger partial charge is 0.236 e. The van der Waals surface area contributed by atoms with E-state index in [2.05, 4.69) is 5.32 Å². The number of furan rings is 1. The van der Waals surface area contributed by atoms with Crippen molar-refractivity contribution in [3.63, 3.8) is 0 Å². The number of ether oxygens (including phenoxy) is 1. The number of para-hydroxylation sites is 1. The Morgan fingerprint density at radius 1 is 1.33 bits per heavy atom. The fraction of sp³-hybridized carbons (Fsp3) is 0.438.